The molecule has 0 aliphatic rings. The van der Waals surface area contributed by atoms with Crippen molar-refractivity contribution in [1.29, 1.82) is 0 Å². The zero-order valence-electron chi connectivity index (χ0n) is 4.61. The molecule has 0 aromatic heterocycles. The Labute approximate surface area is 47.2 Å². The van der Waals surface area contributed by atoms with Gasteiger partial charge in [0, 0.05) is 4.90 Å². The second kappa shape index (κ2) is 3.26. The van der Waals surface area contributed by atoms with E-state index in [1.54, 1.807) is 6.92 Å². The highest BCUT2D eigenvalue weighted by molar-refractivity contribution is 5.56. The normalized spacial score (nSPS) is 16.0. The molecule has 0 aromatic carbocycles. The Kier molecular flexibility index (Phi) is 2.95. The monoisotopic (exact) mass is 119 g/mol. The molecule has 1 atom stereocenters. The smallest absolute Gasteiger partial charge is 0.238 e. The Morgan fingerprint density at radius 1 is 1.88 bits per heavy atom. The molecular weight excluding hydrogens is 110 g/mol. The van der Waals surface area contributed by atoms with Crippen LogP contribution in [-0.2, 0) is 0 Å². The van der Waals surface area contributed by atoms with E-state index in [1.165, 1.54) is 0 Å². The molecule has 8 heavy (non-hydrogen) atoms. The van der Waals surface area contributed by atoms with Crippen LogP contribution in [0.4, 0.5) is 0 Å². The first kappa shape index (κ1) is 7.23. The van der Waals surface area contributed by atoms with Crippen LogP contribution in [0.3, 0.4) is 0 Å². The van der Waals surface area contributed by atoms with Crippen LogP contribution in [0.2, 0.25) is 0 Å². The van der Waals surface area contributed by atoms with Gasteiger partial charge < -0.3 is 10.3 Å². The molecule has 0 heterocycles. The molecular formula is C4H9NO3. The molecule has 0 bridgehead atoms. The molecule has 0 saturated heterocycles. The van der Waals surface area contributed by atoms with Crippen LogP contribution in [-0.4, -0.2) is 27.5 Å². The van der Waals surface area contributed by atoms with Crippen molar-refractivity contribution in [3.8, 4) is 0 Å². The van der Waals surface area contributed by atoms with Gasteiger partial charge in [0.05, 0.1) is 0 Å². The van der Waals surface area contributed by atoms with Crippen LogP contribution in [0.1, 0.15) is 13.3 Å². The van der Waals surface area contributed by atoms with E-state index in [2.05, 4.69) is 0 Å². The molecule has 0 fully saturated rings. The van der Waals surface area contributed by atoms with Crippen LogP contribution in [0.15, 0.2) is 0 Å². The minimum Gasteiger partial charge on any atom is -0.418 e. The predicted octanol–water partition coefficient (Wildman–Crippen LogP) is -0.272. The lowest BCUT2D eigenvalue weighted by atomic mass is 10.3. The first-order valence-corrected chi connectivity index (χ1v) is 2.35. The number of hydrogen-bond donors (Lipinski definition) is 2. The zero-order chi connectivity index (χ0) is 6.57. The molecule has 0 rings (SSSR count). The van der Waals surface area contributed by atoms with Crippen LogP contribution < -0.4 is 0 Å². The largest absolute Gasteiger partial charge is 0.418 e. The van der Waals surface area contributed by atoms with E-state index in [0.29, 0.717) is 6.42 Å². The lowest BCUT2D eigenvalue weighted by molar-refractivity contribution is -0.724. The van der Waals surface area contributed by atoms with Gasteiger partial charge in [-0.1, -0.05) is 6.92 Å². The van der Waals surface area contributed by atoms with Gasteiger partial charge in [0.2, 0.25) is 6.21 Å². The van der Waals surface area contributed by atoms with Gasteiger partial charge in [0.25, 0.3) is 0 Å². The summed E-state index contributed by atoms with van der Waals surface area (Å²) in [5.41, 5.74) is 0. The predicted molar refractivity (Wildman–Crippen MR) is 27.8 cm³/mol. The average molecular weight is 119 g/mol. The topological polar surface area (TPSA) is 66.5 Å². The van der Waals surface area contributed by atoms with E-state index in [-0.39, 0.29) is 0 Å². The van der Waals surface area contributed by atoms with Crippen molar-refractivity contribution in [3.05, 3.63) is 5.21 Å². The first-order valence-electron chi connectivity index (χ1n) is 2.35. The third-order valence-corrected chi connectivity index (χ3v) is 0.718. The van der Waals surface area contributed by atoms with Crippen molar-refractivity contribution in [1.82, 2.24) is 0 Å². The van der Waals surface area contributed by atoms with Gasteiger partial charge >= 0.3 is 0 Å². The standard InChI is InChI=1S/C4H9NO3/c1-2-4(6)3-5(7)8/h3-4,6H,2H2,1H3,(H,7,8). The summed E-state index contributed by atoms with van der Waals surface area (Å²) in [5, 5.41) is 26.2. The first-order chi connectivity index (χ1) is 3.66. The Bertz CT molecular complexity index is 87.3. The minimum atomic E-state index is -0.836. The van der Waals surface area contributed by atoms with Crippen LogP contribution in [0, 0.1) is 5.21 Å². The summed E-state index contributed by atoms with van der Waals surface area (Å²) in [6.07, 6.45) is 0.372. The Morgan fingerprint density at radius 3 is 2.50 bits per heavy atom. The molecule has 0 aliphatic carbocycles. The lowest BCUT2D eigenvalue weighted by Gasteiger charge is -1.93. The fourth-order valence-corrected chi connectivity index (χ4v) is 0.253. The summed E-state index contributed by atoms with van der Waals surface area (Å²) < 4.78 is 0. The quantitative estimate of drug-likeness (QED) is 0.227. The molecule has 0 spiro atoms. The van der Waals surface area contributed by atoms with E-state index in [0.717, 1.165) is 6.21 Å². The number of aliphatic hydroxyl groups excluding tert-OH is 1. The number of nitrogens with zero attached hydrogens (tertiary/aromatic N) is 1. The average Bonchev–Trinajstić information content (AvgIpc) is 1.65. The zero-order valence-corrected chi connectivity index (χ0v) is 4.61. The van der Waals surface area contributed by atoms with Crippen molar-refractivity contribution in [2.24, 2.45) is 0 Å². The molecule has 0 amide bonds. The van der Waals surface area contributed by atoms with E-state index >= 15 is 0 Å². The highest BCUT2D eigenvalue weighted by atomic mass is 16.8. The summed E-state index contributed by atoms with van der Waals surface area (Å²) in [6.45, 7) is 1.70. The van der Waals surface area contributed by atoms with Crippen LogP contribution >= 0.6 is 0 Å². The Hall–Kier alpha value is -0.770. The third kappa shape index (κ3) is 3.42. The van der Waals surface area contributed by atoms with Crippen molar-refractivity contribution >= 4 is 6.21 Å². The number of hydrogen-bond acceptors (Lipinski definition) is 3. The fraction of sp³-hybridized carbons (Fsp3) is 0.750. The van der Waals surface area contributed by atoms with Crippen LogP contribution in [0.25, 0.3) is 0 Å². The van der Waals surface area contributed by atoms with Gasteiger partial charge in [0.15, 0.2) is 0 Å². The van der Waals surface area contributed by atoms with Gasteiger partial charge in [-0.3, -0.25) is 5.21 Å². The molecule has 2 N–H and O–H groups in total. The van der Waals surface area contributed by atoms with Crippen molar-refractivity contribution in [3.63, 3.8) is 0 Å². The molecule has 0 saturated carbocycles. The Balaban J connectivity index is 3.51. The lowest BCUT2D eigenvalue weighted by Crippen LogP contribution is -2.12. The maximum absolute atomic E-state index is 9.67. The molecule has 1 unspecified atom stereocenters. The Morgan fingerprint density at radius 2 is 2.38 bits per heavy atom. The molecule has 0 aromatic rings. The molecule has 4 heteroatoms. The highest BCUT2D eigenvalue weighted by Crippen LogP contribution is 1.82. The molecule has 4 nitrogen and oxygen atoms in total. The van der Waals surface area contributed by atoms with Crippen molar-refractivity contribution in [2.45, 2.75) is 19.4 Å². The number of aliphatic hydroxyl groups is 1. The van der Waals surface area contributed by atoms with Gasteiger partial charge in [-0.25, -0.2) is 0 Å². The summed E-state index contributed by atoms with van der Waals surface area (Å²) in [4.78, 5) is -0.395. The van der Waals surface area contributed by atoms with Crippen molar-refractivity contribution < 1.29 is 15.2 Å². The van der Waals surface area contributed by atoms with Crippen LogP contribution in [0.5, 0.6) is 0 Å². The fourth-order valence-electron chi connectivity index (χ4n) is 0.253. The molecule has 0 aliphatic heterocycles. The van der Waals surface area contributed by atoms with Gasteiger partial charge in [-0.15, -0.1) is 0 Å². The highest BCUT2D eigenvalue weighted by Gasteiger charge is 1.99. The van der Waals surface area contributed by atoms with E-state index < -0.39 is 11.0 Å². The maximum Gasteiger partial charge on any atom is 0.238 e. The number of rotatable bonds is 2. The molecule has 48 valence electrons. The summed E-state index contributed by atoms with van der Waals surface area (Å²) in [7, 11) is 0. The summed E-state index contributed by atoms with van der Waals surface area (Å²) >= 11 is 0. The summed E-state index contributed by atoms with van der Waals surface area (Å²) in [6, 6.07) is 0. The van der Waals surface area contributed by atoms with Gasteiger partial charge in [-0.2, -0.15) is 0 Å². The minimum absolute atomic E-state index is 0.395. The van der Waals surface area contributed by atoms with E-state index in [4.69, 9.17) is 10.3 Å². The van der Waals surface area contributed by atoms with E-state index in [1.807, 2.05) is 0 Å². The van der Waals surface area contributed by atoms with E-state index in [9.17, 15) is 5.21 Å². The summed E-state index contributed by atoms with van der Waals surface area (Å²) in [5.74, 6) is 0. The maximum atomic E-state index is 9.67. The van der Waals surface area contributed by atoms with Gasteiger partial charge in [0.1, 0.15) is 6.10 Å². The second-order valence-electron chi connectivity index (χ2n) is 1.43. The second-order valence-corrected chi connectivity index (χ2v) is 1.43. The molecule has 0 radical (unpaired) electrons. The van der Waals surface area contributed by atoms with Gasteiger partial charge in [-0.05, 0) is 6.42 Å². The van der Waals surface area contributed by atoms with Crippen molar-refractivity contribution in [2.75, 3.05) is 0 Å². The third-order valence-electron chi connectivity index (χ3n) is 0.718. The SMILES string of the molecule is CCC(O)/C=[N+](/[O-])O.